The molecular formula is C46H61N9O3S. The van der Waals surface area contributed by atoms with Gasteiger partial charge in [-0.3, -0.25) is 10.1 Å². The molecule has 10 rings (SSSR count). The van der Waals surface area contributed by atoms with Crippen molar-refractivity contribution in [2.45, 2.75) is 117 Å². The van der Waals surface area contributed by atoms with Gasteiger partial charge in [-0.15, -0.1) is 0 Å². The third-order valence-corrected chi connectivity index (χ3v) is 15.1. The zero-order valence-corrected chi connectivity index (χ0v) is 36.1. The van der Waals surface area contributed by atoms with Gasteiger partial charge in [0.25, 0.3) is 5.95 Å². The van der Waals surface area contributed by atoms with Gasteiger partial charge in [-0.2, -0.15) is 5.10 Å². The summed E-state index contributed by atoms with van der Waals surface area (Å²) in [5.41, 5.74) is 12.1. The predicted molar refractivity (Wildman–Crippen MR) is 236 cm³/mol. The number of nitrogens with one attached hydrogen (secondary N) is 2. The van der Waals surface area contributed by atoms with Crippen molar-refractivity contribution >= 4 is 43.9 Å². The summed E-state index contributed by atoms with van der Waals surface area (Å²) in [7, 11) is 0. The van der Waals surface area contributed by atoms with Gasteiger partial charge in [-0.1, -0.05) is 50.2 Å². The highest BCUT2D eigenvalue weighted by molar-refractivity contribution is 7.22. The van der Waals surface area contributed by atoms with Crippen LogP contribution in [0.15, 0.2) is 76.2 Å². The van der Waals surface area contributed by atoms with Crippen molar-refractivity contribution in [3.05, 3.63) is 82.5 Å². The van der Waals surface area contributed by atoms with Gasteiger partial charge in [0.15, 0.2) is 0 Å². The summed E-state index contributed by atoms with van der Waals surface area (Å²) in [6.07, 6.45) is 19.4. The van der Waals surface area contributed by atoms with Crippen molar-refractivity contribution in [1.82, 2.24) is 29.9 Å². The highest BCUT2D eigenvalue weighted by atomic mass is 32.1. The Balaban J connectivity index is 0.938. The number of nitrogens with two attached hydrogens (primary N) is 1. The molecule has 3 aliphatic heterocycles. The van der Waals surface area contributed by atoms with Crippen molar-refractivity contribution in [2.75, 3.05) is 32.8 Å². The van der Waals surface area contributed by atoms with Gasteiger partial charge in [-0.25, -0.2) is 9.98 Å². The van der Waals surface area contributed by atoms with E-state index in [1.54, 1.807) is 0 Å². The molecule has 6 N–H and O–H groups in total. The number of allylic oxidation sites excluding steroid dienone is 3. The Morgan fingerprint density at radius 2 is 1.73 bits per heavy atom. The first-order valence-electron chi connectivity index (χ1n) is 21.7. The molecule has 4 aliphatic carbocycles. The first-order valence-corrected chi connectivity index (χ1v) is 22.5. The van der Waals surface area contributed by atoms with Crippen LogP contribution in [-0.2, 0) is 11.3 Å². The number of aliphatic hydroxyl groups excluding tert-OH is 1. The van der Waals surface area contributed by atoms with Gasteiger partial charge in [0.2, 0.25) is 5.13 Å². The number of likely N-dealkylation sites (tertiary alicyclic amines) is 2. The number of dihydropyridines is 1. The van der Waals surface area contributed by atoms with Crippen LogP contribution in [0.5, 0.6) is 0 Å². The SMILES string of the molecule is CC(/C(N)=N/c1nc2ccccc2s1)=C1\CCCN(C2=CC=C(c3cnn(CC45CC6(OCCN7CCCCCC7)C[C@](C)(C4)C[C@](C)(C5)C6)c3C)C(=C(O)O)N2)C1=N. The first kappa shape index (κ1) is 40.0. The number of aliphatic imine (C=N–C) groups is 1. The Morgan fingerprint density at radius 3 is 2.46 bits per heavy atom. The van der Waals surface area contributed by atoms with E-state index in [0.29, 0.717) is 41.2 Å². The summed E-state index contributed by atoms with van der Waals surface area (Å²) >= 11 is 1.48. The normalized spacial score (nSPS) is 31.0. The number of rotatable bonds is 10. The number of nitrogens with zero attached hydrogens (tertiary/aromatic N) is 6. The van der Waals surface area contributed by atoms with Crippen LogP contribution in [0.25, 0.3) is 15.8 Å². The number of aromatic nitrogens is 3. The predicted octanol–water partition coefficient (Wildman–Crippen LogP) is 9.00. The number of thiazole rings is 1. The van der Waals surface area contributed by atoms with E-state index in [-0.39, 0.29) is 27.5 Å². The van der Waals surface area contributed by atoms with E-state index in [2.05, 4.69) is 45.6 Å². The molecule has 4 atom stereocenters. The zero-order valence-electron chi connectivity index (χ0n) is 35.2. The fourth-order valence-electron chi connectivity index (χ4n) is 12.8. The van der Waals surface area contributed by atoms with Crippen LogP contribution in [0.1, 0.15) is 109 Å². The minimum Gasteiger partial charge on any atom is -0.480 e. The molecule has 2 aromatic heterocycles. The molecule has 59 heavy (non-hydrogen) atoms. The van der Waals surface area contributed by atoms with Crippen LogP contribution in [0.4, 0.5) is 5.13 Å². The summed E-state index contributed by atoms with van der Waals surface area (Å²) in [6, 6.07) is 7.90. The molecule has 1 aromatic carbocycles. The number of benzene rings is 1. The molecule has 314 valence electrons. The van der Waals surface area contributed by atoms with Gasteiger partial charge in [0.1, 0.15) is 23.2 Å². The lowest BCUT2D eigenvalue weighted by molar-refractivity contribution is -0.248. The Kier molecular flexibility index (Phi) is 10.3. The maximum atomic E-state index is 10.7. The summed E-state index contributed by atoms with van der Waals surface area (Å²) in [6.45, 7) is 14.6. The summed E-state index contributed by atoms with van der Waals surface area (Å²) < 4.78 is 10.3. The number of piperidine rings is 1. The fourth-order valence-corrected chi connectivity index (χ4v) is 13.6. The Labute approximate surface area is 352 Å². The maximum absolute atomic E-state index is 10.7. The maximum Gasteiger partial charge on any atom is 0.299 e. The van der Waals surface area contributed by atoms with Gasteiger partial charge in [0, 0.05) is 42.0 Å². The summed E-state index contributed by atoms with van der Waals surface area (Å²) in [5.74, 6) is 0.413. The van der Waals surface area contributed by atoms with E-state index in [1.165, 1.54) is 69.4 Å². The molecule has 12 nitrogen and oxygen atoms in total. The monoisotopic (exact) mass is 819 g/mol. The number of hydrogen-bond donors (Lipinski definition) is 5. The van der Waals surface area contributed by atoms with Crippen molar-refractivity contribution in [1.29, 1.82) is 5.41 Å². The summed E-state index contributed by atoms with van der Waals surface area (Å²) in [5, 5.41) is 39.5. The van der Waals surface area contributed by atoms with Crippen molar-refractivity contribution in [2.24, 2.45) is 27.0 Å². The third kappa shape index (κ3) is 7.74. The molecule has 4 bridgehead atoms. The second-order valence-corrected chi connectivity index (χ2v) is 20.4. The minimum atomic E-state index is -0.808. The average molecular weight is 820 g/mol. The van der Waals surface area contributed by atoms with Crippen LogP contribution in [0, 0.1) is 28.6 Å². The van der Waals surface area contributed by atoms with Gasteiger partial charge in [0.05, 0.1) is 28.6 Å². The minimum absolute atomic E-state index is 0.0828. The molecular weight excluding hydrogens is 759 g/mol. The lowest BCUT2D eigenvalue weighted by Gasteiger charge is -2.69. The number of amidine groups is 2. The highest BCUT2D eigenvalue weighted by Crippen LogP contribution is 2.72. The topological polar surface area (TPSA) is 161 Å². The standard InChI is InChI=1S/C46H61N9O3S/c1-30(39(47)52-42-50-35-13-7-8-14-36(35)59-42)32-12-11-19-54(40(32)48)37-16-15-33(38(51-37)41(56)57)34-22-49-55(31(34)2)29-45-24-43(3)23-44(4,25-45)27-46(26-43,28-45)58-21-20-53-17-9-5-6-10-18-53/h7-8,13-16,22,48,51,56-57H,5-6,9-12,17-21,23-29H2,1-4H3,(H2,47,50,52)/b32-30-,48-40?/t43-,44+,45?,46?. The quantitative estimate of drug-likeness (QED) is 0.0764. The van der Waals surface area contributed by atoms with Crippen molar-refractivity contribution < 1.29 is 14.9 Å². The molecule has 6 fully saturated rings. The Hall–Kier alpha value is -4.46. The Bertz CT molecular complexity index is 2250. The van der Waals surface area contributed by atoms with Crippen LogP contribution in [-0.4, -0.2) is 84.8 Å². The number of aliphatic hydroxyl groups is 2. The van der Waals surface area contributed by atoms with E-state index in [4.69, 9.17) is 15.6 Å². The van der Waals surface area contributed by atoms with Crippen LogP contribution in [0.2, 0.25) is 0 Å². The second kappa shape index (κ2) is 15.2. The molecule has 4 saturated carbocycles. The van der Waals surface area contributed by atoms with Crippen LogP contribution >= 0.6 is 11.3 Å². The van der Waals surface area contributed by atoms with E-state index in [9.17, 15) is 15.6 Å². The molecule has 13 heteroatoms. The Morgan fingerprint density at radius 1 is 0.983 bits per heavy atom. The van der Waals surface area contributed by atoms with E-state index in [1.807, 2.05) is 54.4 Å². The molecule has 2 saturated heterocycles. The zero-order chi connectivity index (χ0) is 41.2. The van der Waals surface area contributed by atoms with Gasteiger partial charge >= 0.3 is 0 Å². The second-order valence-electron chi connectivity index (χ2n) is 19.4. The van der Waals surface area contributed by atoms with Gasteiger partial charge in [-0.05, 0) is 137 Å². The molecule has 0 radical (unpaired) electrons. The molecule has 7 aliphatic rings. The number of ether oxygens (including phenoxy) is 1. The molecule has 5 heterocycles. The van der Waals surface area contributed by atoms with Gasteiger partial charge < -0.3 is 35.8 Å². The summed E-state index contributed by atoms with van der Waals surface area (Å²) in [4.78, 5) is 13.7. The largest absolute Gasteiger partial charge is 0.480 e. The van der Waals surface area contributed by atoms with E-state index < -0.39 is 5.95 Å². The fraction of sp³-hybridized carbons (Fsp3) is 0.565. The third-order valence-electron chi connectivity index (χ3n) is 14.2. The number of hydrogen-bond acceptors (Lipinski definition) is 10. The van der Waals surface area contributed by atoms with Crippen LogP contribution in [0.3, 0.4) is 0 Å². The lowest BCUT2D eigenvalue weighted by Crippen LogP contribution is -2.64. The molecule has 3 aromatic rings. The number of fused-ring (bicyclic) bond motifs is 1. The van der Waals surface area contributed by atoms with E-state index >= 15 is 0 Å². The van der Waals surface area contributed by atoms with Crippen molar-refractivity contribution in [3.8, 4) is 0 Å². The molecule has 0 amide bonds. The first-order chi connectivity index (χ1) is 28.2. The lowest BCUT2D eigenvalue weighted by atomic mass is 9.39. The number of para-hydroxylation sites is 1. The highest BCUT2D eigenvalue weighted by Gasteiger charge is 2.66. The van der Waals surface area contributed by atoms with Crippen LogP contribution < -0.4 is 11.1 Å². The van der Waals surface area contributed by atoms with Crippen molar-refractivity contribution in [3.63, 3.8) is 0 Å². The van der Waals surface area contributed by atoms with E-state index in [0.717, 1.165) is 78.0 Å². The molecule has 2 unspecified atom stereocenters. The average Bonchev–Trinajstić information content (AvgIpc) is 3.63. The smallest absolute Gasteiger partial charge is 0.299 e. The molecule has 0 spiro atoms.